The number of aryl methyl sites for hydroxylation is 1. The molecular weight excluding hydrogens is 322 g/mol. The highest BCUT2D eigenvalue weighted by Gasteiger charge is 2.23. The molecule has 5 heteroatoms. The first-order valence-electron chi connectivity index (χ1n) is 6.40. The van der Waals surface area contributed by atoms with E-state index in [1.807, 2.05) is 13.0 Å². The molecule has 0 aliphatic heterocycles. The summed E-state index contributed by atoms with van der Waals surface area (Å²) >= 11 is 3.38. The molecule has 0 fully saturated rings. The molecule has 1 atom stereocenters. The first-order chi connectivity index (χ1) is 9.10. The van der Waals surface area contributed by atoms with E-state index < -0.39 is 17.6 Å². The highest BCUT2D eigenvalue weighted by atomic mass is 79.9. The fourth-order valence-electron chi connectivity index (χ4n) is 1.46. The van der Waals surface area contributed by atoms with Gasteiger partial charge in [0.1, 0.15) is 11.6 Å². The molecule has 1 aromatic carbocycles. The molecule has 1 N–H and O–H groups in total. The van der Waals surface area contributed by atoms with Crippen LogP contribution in [0.4, 0.5) is 0 Å². The number of esters is 1. The molecule has 0 aliphatic carbocycles. The third-order valence-corrected chi connectivity index (χ3v) is 3.40. The van der Waals surface area contributed by atoms with Crippen LogP contribution in [0.3, 0.4) is 0 Å². The average Bonchev–Trinajstić information content (AvgIpc) is 2.30. The fourth-order valence-corrected chi connectivity index (χ4v) is 1.84. The minimum atomic E-state index is -0.693. The summed E-state index contributed by atoms with van der Waals surface area (Å²) in [5.41, 5.74) is 0.975. The second-order valence-electron chi connectivity index (χ2n) is 5.69. The maximum Gasteiger partial charge on any atom is 0.328 e. The van der Waals surface area contributed by atoms with Gasteiger partial charge in [-0.3, -0.25) is 4.79 Å². The molecule has 1 amide bonds. The lowest BCUT2D eigenvalue weighted by Crippen LogP contribution is -2.42. The van der Waals surface area contributed by atoms with E-state index in [0.29, 0.717) is 5.56 Å². The van der Waals surface area contributed by atoms with Gasteiger partial charge >= 0.3 is 5.97 Å². The van der Waals surface area contributed by atoms with Crippen LogP contribution in [0.15, 0.2) is 22.7 Å². The number of ether oxygens (including phenoxy) is 1. The van der Waals surface area contributed by atoms with Crippen LogP contribution in [-0.2, 0) is 9.53 Å². The molecule has 20 heavy (non-hydrogen) atoms. The molecule has 0 saturated heterocycles. The van der Waals surface area contributed by atoms with Crippen molar-refractivity contribution in [2.45, 2.75) is 46.3 Å². The van der Waals surface area contributed by atoms with Crippen LogP contribution in [-0.4, -0.2) is 23.5 Å². The largest absolute Gasteiger partial charge is 0.458 e. The summed E-state index contributed by atoms with van der Waals surface area (Å²) < 4.78 is 6.07. The summed E-state index contributed by atoms with van der Waals surface area (Å²) in [6.45, 7) is 8.91. The van der Waals surface area contributed by atoms with Crippen molar-refractivity contribution in [3.05, 3.63) is 33.8 Å². The van der Waals surface area contributed by atoms with E-state index in [9.17, 15) is 9.59 Å². The van der Waals surface area contributed by atoms with Gasteiger partial charge in [0, 0.05) is 10.0 Å². The van der Waals surface area contributed by atoms with E-state index in [2.05, 4.69) is 21.2 Å². The Morgan fingerprint density at radius 3 is 2.40 bits per heavy atom. The highest BCUT2D eigenvalue weighted by molar-refractivity contribution is 9.10. The van der Waals surface area contributed by atoms with Gasteiger partial charge in [0.25, 0.3) is 5.91 Å². The predicted octanol–water partition coefficient (Wildman–Crippen LogP) is 3.22. The summed E-state index contributed by atoms with van der Waals surface area (Å²) in [5.74, 6) is -0.749. The van der Waals surface area contributed by atoms with Crippen molar-refractivity contribution in [1.82, 2.24) is 5.32 Å². The van der Waals surface area contributed by atoms with Crippen LogP contribution >= 0.6 is 15.9 Å². The molecule has 0 radical (unpaired) electrons. The van der Waals surface area contributed by atoms with Crippen LogP contribution < -0.4 is 5.32 Å². The summed E-state index contributed by atoms with van der Waals surface area (Å²) in [6, 6.07) is 4.60. The lowest BCUT2D eigenvalue weighted by atomic mass is 10.1. The van der Waals surface area contributed by atoms with Crippen molar-refractivity contribution >= 4 is 27.8 Å². The Labute approximate surface area is 128 Å². The van der Waals surface area contributed by atoms with Gasteiger partial charge in [0.2, 0.25) is 0 Å². The molecule has 110 valence electrons. The SMILES string of the molecule is Cc1ccc(C(=O)N[C@@H](C)C(=O)OC(C)(C)C)cc1Br. The van der Waals surface area contributed by atoms with Crippen molar-refractivity contribution in [1.29, 1.82) is 0 Å². The van der Waals surface area contributed by atoms with Crippen molar-refractivity contribution < 1.29 is 14.3 Å². The fraction of sp³-hybridized carbons (Fsp3) is 0.467. The van der Waals surface area contributed by atoms with Crippen molar-refractivity contribution in [2.75, 3.05) is 0 Å². The molecule has 4 nitrogen and oxygen atoms in total. The van der Waals surface area contributed by atoms with E-state index in [1.54, 1.807) is 39.8 Å². The van der Waals surface area contributed by atoms with Crippen molar-refractivity contribution in [3.63, 3.8) is 0 Å². The third kappa shape index (κ3) is 4.96. The monoisotopic (exact) mass is 341 g/mol. The number of hydrogen-bond acceptors (Lipinski definition) is 3. The Morgan fingerprint density at radius 1 is 1.30 bits per heavy atom. The predicted molar refractivity (Wildman–Crippen MR) is 81.7 cm³/mol. The summed E-state index contributed by atoms with van der Waals surface area (Å²) in [5, 5.41) is 2.63. The van der Waals surface area contributed by atoms with Crippen LogP contribution in [0, 0.1) is 6.92 Å². The van der Waals surface area contributed by atoms with E-state index >= 15 is 0 Å². The molecule has 0 unspecified atom stereocenters. The lowest BCUT2D eigenvalue weighted by molar-refractivity contribution is -0.156. The number of benzene rings is 1. The maximum absolute atomic E-state index is 12.0. The maximum atomic E-state index is 12.0. The van der Waals surface area contributed by atoms with Gasteiger partial charge in [-0.05, 0) is 52.3 Å². The normalized spacial score (nSPS) is 12.7. The van der Waals surface area contributed by atoms with E-state index in [0.717, 1.165) is 10.0 Å². The zero-order valence-electron chi connectivity index (χ0n) is 12.4. The minimum Gasteiger partial charge on any atom is -0.458 e. The van der Waals surface area contributed by atoms with Crippen LogP contribution in [0.2, 0.25) is 0 Å². The zero-order chi connectivity index (χ0) is 15.5. The van der Waals surface area contributed by atoms with Gasteiger partial charge in [0.05, 0.1) is 0 Å². The van der Waals surface area contributed by atoms with Crippen LogP contribution in [0.25, 0.3) is 0 Å². The van der Waals surface area contributed by atoms with Gasteiger partial charge in [0.15, 0.2) is 0 Å². The number of nitrogens with one attached hydrogen (secondary N) is 1. The van der Waals surface area contributed by atoms with Gasteiger partial charge in [-0.15, -0.1) is 0 Å². The van der Waals surface area contributed by atoms with Gasteiger partial charge in [-0.2, -0.15) is 0 Å². The van der Waals surface area contributed by atoms with E-state index in [4.69, 9.17) is 4.74 Å². The molecule has 1 aromatic rings. The van der Waals surface area contributed by atoms with Crippen LogP contribution in [0.5, 0.6) is 0 Å². The first kappa shape index (κ1) is 16.7. The Kier molecular flexibility index (Phi) is 5.34. The first-order valence-corrected chi connectivity index (χ1v) is 7.19. The topological polar surface area (TPSA) is 55.4 Å². The Balaban J connectivity index is 2.70. The number of halogens is 1. The van der Waals surface area contributed by atoms with E-state index in [1.165, 1.54) is 0 Å². The van der Waals surface area contributed by atoms with E-state index in [-0.39, 0.29) is 5.91 Å². The molecule has 0 aliphatic rings. The number of hydrogen-bond donors (Lipinski definition) is 1. The number of rotatable bonds is 3. The van der Waals surface area contributed by atoms with Crippen LogP contribution in [0.1, 0.15) is 43.6 Å². The molecule has 0 saturated carbocycles. The third-order valence-electron chi connectivity index (χ3n) is 2.54. The molecule has 0 aromatic heterocycles. The quantitative estimate of drug-likeness (QED) is 0.858. The lowest BCUT2D eigenvalue weighted by Gasteiger charge is -2.22. The molecule has 0 spiro atoms. The standard InChI is InChI=1S/C15H20BrNO3/c1-9-6-7-11(8-12(9)16)13(18)17-10(2)14(19)20-15(3,4)5/h6-8,10H,1-5H3,(H,17,18)/t10-/m0/s1. The Bertz CT molecular complexity index is 520. The van der Waals surface area contributed by atoms with Crippen molar-refractivity contribution in [2.24, 2.45) is 0 Å². The molecule has 0 heterocycles. The number of carbonyl (C=O) groups is 2. The highest BCUT2D eigenvalue weighted by Crippen LogP contribution is 2.17. The second-order valence-corrected chi connectivity index (χ2v) is 6.55. The smallest absolute Gasteiger partial charge is 0.328 e. The van der Waals surface area contributed by atoms with Gasteiger partial charge in [-0.25, -0.2) is 4.79 Å². The average molecular weight is 342 g/mol. The van der Waals surface area contributed by atoms with Gasteiger partial charge < -0.3 is 10.1 Å². The summed E-state index contributed by atoms with van der Waals surface area (Å²) in [4.78, 5) is 23.8. The minimum absolute atomic E-state index is 0.302. The Hall–Kier alpha value is -1.36. The second kappa shape index (κ2) is 6.39. The summed E-state index contributed by atoms with van der Waals surface area (Å²) in [6.07, 6.45) is 0. The molecule has 0 bridgehead atoms. The summed E-state index contributed by atoms with van der Waals surface area (Å²) in [7, 11) is 0. The van der Waals surface area contributed by atoms with Gasteiger partial charge in [-0.1, -0.05) is 22.0 Å². The molecular formula is C15H20BrNO3. The zero-order valence-corrected chi connectivity index (χ0v) is 14.0. The number of carbonyl (C=O) groups excluding carboxylic acids is 2. The van der Waals surface area contributed by atoms with Crippen molar-refractivity contribution in [3.8, 4) is 0 Å². The molecule has 1 rings (SSSR count). The Morgan fingerprint density at radius 2 is 1.90 bits per heavy atom. The number of amides is 1.